The third-order valence-corrected chi connectivity index (χ3v) is 3.27. The van der Waals surface area contributed by atoms with Crippen LogP contribution in [0.15, 0.2) is 22.7 Å². The maximum Gasteiger partial charge on any atom is 0.165 e. The lowest BCUT2D eigenvalue weighted by molar-refractivity contribution is 0.302. The molecule has 0 spiro atoms. The number of hydrogen-bond donors (Lipinski definition) is 0. The van der Waals surface area contributed by atoms with Crippen LogP contribution in [-0.2, 0) is 0 Å². The molecule has 0 aliphatic carbocycles. The normalized spacial score (nSPS) is 10.3. The van der Waals surface area contributed by atoms with Gasteiger partial charge in [-0.3, -0.25) is 0 Å². The molecule has 0 N–H and O–H groups in total. The molecule has 0 bridgehead atoms. The van der Waals surface area contributed by atoms with E-state index in [0.29, 0.717) is 12.4 Å². The van der Waals surface area contributed by atoms with Crippen molar-refractivity contribution < 1.29 is 9.13 Å². The van der Waals surface area contributed by atoms with Crippen molar-refractivity contribution in [2.75, 3.05) is 18.1 Å². The highest BCUT2D eigenvalue weighted by molar-refractivity contribution is 9.10. The van der Waals surface area contributed by atoms with Gasteiger partial charge in [0.15, 0.2) is 11.6 Å². The highest BCUT2D eigenvalue weighted by Crippen LogP contribution is 2.22. The molecule has 0 aliphatic rings. The summed E-state index contributed by atoms with van der Waals surface area (Å²) in [7, 11) is 0. The molecule has 0 fully saturated rings. The zero-order valence-corrected chi connectivity index (χ0v) is 11.0. The lowest BCUT2D eigenvalue weighted by Crippen LogP contribution is -2.00. The Labute approximate surface area is 103 Å². The molecule has 4 heteroatoms. The average Bonchev–Trinajstić information content (AvgIpc) is 2.23. The van der Waals surface area contributed by atoms with Gasteiger partial charge in [0.2, 0.25) is 0 Å². The molecule has 0 saturated heterocycles. The standard InChI is InChI=1S/C11H14BrFOS/c1-2-15-7-3-6-14-11-8-9(12)4-5-10(11)13/h4-5,8H,2-3,6-7H2,1H3. The molecule has 0 atom stereocenters. The Balaban J connectivity index is 2.33. The Hall–Kier alpha value is -0.220. The Morgan fingerprint density at radius 1 is 1.47 bits per heavy atom. The Bertz CT molecular complexity index is 307. The quantitative estimate of drug-likeness (QED) is 0.730. The molecule has 0 saturated carbocycles. The predicted molar refractivity (Wildman–Crippen MR) is 67.2 cm³/mol. The van der Waals surface area contributed by atoms with Crippen LogP contribution in [0, 0.1) is 5.82 Å². The summed E-state index contributed by atoms with van der Waals surface area (Å²) in [4.78, 5) is 0. The van der Waals surface area contributed by atoms with Crippen LogP contribution in [0.2, 0.25) is 0 Å². The van der Waals surface area contributed by atoms with E-state index in [1.54, 1.807) is 12.1 Å². The van der Waals surface area contributed by atoms with Crippen molar-refractivity contribution in [3.63, 3.8) is 0 Å². The molecule has 15 heavy (non-hydrogen) atoms. The fraction of sp³-hybridized carbons (Fsp3) is 0.455. The van der Waals surface area contributed by atoms with Crippen LogP contribution in [0.3, 0.4) is 0 Å². The van der Waals surface area contributed by atoms with Gasteiger partial charge in [0.05, 0.1) is 6.61 Å². The van der Waals surface area contributed by atoms with Gasteiger partial charge in [-0.05, 0) is 36.1 Å². The van der Waals surface area contributed by atoms with Crippen LogP contribution in [0.5, 0.6) is 5.75 Å². The highest BCUT2D eigenvalue weighted by Gasteiger charge is 2.03. The third-order valence-electron chi connectivity index (χ3n) is 1.79. The van der Waals surface area contributed by atoms with Gasteiger partial charge in [-0.2, -0.15) is 11.8 Å². The molecule has 0 radical (unpaired) electrons. The van der Waals surface area contributed by atoms with E-state index < -0.39 is 0 Å². The van der Waals surface area contributed by atoms with Gasteiger partial charge in [-0.1, -0.05) is 22.9 Å². The van der Waals surface area contributed by atoms with Gasteiger partial charge in [0.1, 0.15) is 0 Å². The van der Waals surface area contributed by atoms with Crippen LogP contribution < -0.4 is 4.74 Å². The fourth-order valence-electron chi connectivity index (χ4n) is 1.08. The molecule has 0 aliphatic heterocycles. The van der Waals surface area contributed by atoms with E-state index >= 15 is 0 Å². The fourth-order valence-corrected chi connectivity index (χ4v) is 2.03. The highest BCUT2D eigenvalue weighted by atomic mass is 79.9. The molecule has 1 aromatic carbocycles. The molecular formula is C11H14BrFOS. The number of benzene rings is 1. The number of ether oxygens (including phenoxy) is 1. The first-order valence-corrected chi connectivity index (χ1v) is 6.84. The van der Waals surface area contributed by atoms with Crippen LogP contribution in [-0.4, -0.2) is 18.1 Å². The van der Waals surface area contributed by atoms with E-state index in [4.69, 9.17) is 4.74 Å². The maximum atomic E-state index is 13.2. The summed E-state index contributed by atoms with van der Waals surface area (Å²) in [5, 5.41) is 0. The number of thioether (sulfide) groups is 1. The van der Waals surface area contributed by atoms with E-state index in [-0.39, 0.29) is 5.82 Å². The van der Waals surface area contributed by atoms with Gasteiger partial charge in [-0.15, -0.1) is 0 Å². The van der Waals surface area contributed by atoms with Crippen molar-refractivity contribution in [3.8, 4) is 5.75 Å². The molecule has 1 aromatic rings. The topological polar surface area (TPSA) is 9.23 Å². The lowest BCUT2D eigenvalue weighted by Gasteiger charge is -2.07. The van der Waals surface area contributed by atoms with Gasteiger partial charge in [0, 0.05) is 4.47 Å². The zero-order chi connectivity index (χ0) is 11.1. The summed E-state index contributed by atoms with van der Waals surface area (Å²) < 4.78 is 19.4. The largest absolute Gasteiger partial charge is 0.490 e. The smallest absolute Gasteiger partial charge is 0.165 e. The van der Waals surface area contributed by atoms with Crippen LogP contribution in [0.1, 0.15) is 13.3 Å². The molecule has 0 heterocycles. The first-order chi connectivity index (χ1) is 7.24. The molecule has 84 valence electrons. The minimum Gasteiger partial charge on any atom is -0.490 e. The van der Waals surface area contributed by atoms with Crippen molar-refractivity contribution in [3.05, 3.63) is 28.5 Å². The first kappa shape index (κ1) is 12.8. The summed E-state index contributed by atoms with van der Waals surface area (Å²) >= 11 is 5.15. The number of halogens is 2. The minimum absolute atomic E-state index is 0.304. The van der Waals surface area contributed by atoms with Crippen molar-refractivity contribution in [2.45, 2.75) is 13.3 Å². The molecule has 1 rings (SSSR count). The third kappa shape index (κ3) is 4.89. The van der Waals surface area contributed by atoms with E-state index in [9.17, 15) is 4.39 Å². The van der Waals surface area contributed by atoms with Crippen molar-refractivity contribution >= 4 is 27.7 Å². The SMILES string of the molecule is CCSCCCOc1cc(Br)ccc1F. The summed E-state index contributed by atoms with van der Waals surface area (Å²) in [6.07, 6.45) is 0.949. The van der Waals surface area contributed by atoms with E-state index in [1.165, 1.54) is 6.07 Å². The summed E-state index contributed by atoms with van der Waals surface area (Å²) in [5.41, 5.74) is 0. The summed E-state index contributed by atoms with van der Waals surface area (Å²) in [6.45, 7) is 2.69. The second kappa shape index (κ2) is 7.12. The molecule has 0 aromatic heterocycles. The van der Waals surface area contributed by atoms with Gasteiger partial charge in [0.25, 0.3) is 0 Å². The van der Waals surface area contributed by atoms with Crippen molar-refractivity contribution in [1.82, 2.24) is 0 Å². The number of hydrogen-bond acceptors (Lipinski definition) is 2. The Morgan fingerprint density at radius 2 is 2.27 bits per heavy atom. The molecule has 1 nitrogen and oxygen atoms in total. The monoisotopic (exact) mass is 292 g/mol. The van der Waals surface area contributed by atoms with E-state index in [1.807, 2.05) is 11.8 Å². The van der Waals surface area contributed by atoms with Crippen LogP contribution in [0.25, 0.3) is 0 Å². The lowest BCUT2D eigenvalue weighted by atomic mass is 10.3. The first-order valence-electron chi connectivity index (χ1n) is 4.89. The van der Waals surface area contributed by atoms with Crippen LogP contribution >= 0.6 is 27.7 Å². The summed E-state index contributed by atoms with van der Waals surface area (Å²) in [5.74, 6) is 2.20. The van der Waals surface area contributed by atoms with Crippen molar-refractivity contribution in [1.29, 1.82) is 0 Å². The molecule has 0 unspecified atom stereocenters. The second-order valence-electron chi connectivity index (χ2n) is 2.97. The Kier molecular flexibility index (Phi) is 6.10. The maximum absolute atomic E-state index is 13.2. The van der Waals surface area contributed by atoms with Gasteiger partial charge < -0.3 is 4.74 Å². The predicted octanol–water partition coefficient (Wildman–Crippen LogP) is 4.11. The van der Waals surface area contributed by atoms with E-state index in [2.05, 4.69) is 22.9 Å². The van der Waals surface area contributed by atoms with Crippen molar-refractivity contribution in [2.24, 2.45) is 0 Å². The molecular weight excluding hydrogens is 279 g/mol. The van der Waals surface area contributed by atoms with E-state index in [0.717, 1.165) is 22.4 Å². The molecule has 0 amide bonds. The summed E-state index contributed by atoms with van der Waals surface area (Å²) in [6, 6.07) is 4.72. The van der Waals surface area contributed by atoms with Gasteiger partial charge >= 0.3 is 0 Å². The second-order valence-corrected chi connectivity index (χ2v) is 5.28. The average molecular weight is 293 g/mol. The zero-order valence-electron chi connectivity index (χ0n) is 8.63. The van der Waals surface area contributed by atoms with Gasteiger partial charge in [-0.25, -0.2) is 4.39 Å². The minimum atomic E-state index is -0.304. The van der Waals surface area contributed by atoms with Crippen LogP contribution in [0.4, 0.5) is 4.39 Å². The number of rotatable bonds is 6. The Morgan fingerprint density at radius 3 is 3.00 bits per heavy atom.